The van der Waals surface area contributed by atoms with Gasteiger partial charge in [-0.3, -0.25) is 4.79 Å². The van der Waals surface area contributed by atoms with Crippen molar-refractivity contribution in [2.45, 2.75) is 36.6 Å². The molecule has 1 heterocycles. The number of benzene rings is 2. The quantitative estimate of drug-likeness (QED) is 0.486. The van der Waals surface area contributed by atoms with Gasteiger partial charge in [0.2, 0.25) is 0 Å². The zero-order chi connectivity index (χ0) is 21.3. The lowest BCUT2D eigenvalue weighted by Gasteiger charge is -2.18. The lowest BCUT2D eigenvalue weighted by Crippen LogP contribution is -3.12. The number of fused-ring (bicyclic) bond motifs is 1. The number of rotatable bonds is 10. The van der Waals surface area contributed by atoms with Crippen LogP contribution in [0.2, 0.25) is 5.02 Å². The van der Waals surface area contributed by atoms with Crippen LogP contribution in [-0.2, 0) is 0 Å². The summed E-state index contributed by atoms with van der Waals surface area (Å²) >= 11 is 7.52. The number of carbonyl (C=O) groups excluding carboxylic acids is 1. The SMILES string of the molecule is CCC[NH+](CCC)CCNC(=O)c1cc(Sc2ccc(Cl)cc2)nc2ccccc12. The van der Waals surface area contributed by atoms with Gasteiger partial charge in [-0.1, -0.05) is 55.4 Å². The van der Waals surface area contributed by atoms with Crippen LogP contribution in [-0.4, -0.2) is 37.1 Å². The minimum atomic E-state index is -0.0427. The van der Waals surface area contributed by atoms with Crippen LogP contribution in [0.4, 0.5) is 0 Å². The van der Waals surface area contributed by atoms with E-state index < -0.39 is 0 Å². The Hall–Kier alpha value is -2.08. The Balaban J connectivity index is 1.77. The van der Waals surface area contributed by atoms with Crippen molar-refractivity contribution in [1.82, 2.24) is 10.3 Å². The van der Waals surface area contributed by atoms with E-state index in [1.165, 1.54) is 11.8 Å². The van der Waals surface area contributed by atoms with E-state index in [0.29, 0.717) is 17.1 Å². The number of hydrogen-bond acceptors (Lipinski definition) is 3. The summed E-state index contributed by atoms with van der Waals surface area (Å²) in [5.74, 6) is -0.0427. The Morgan fingerprint density at radius 2 is 1.73 bits per heavy atom. The molecule has 6 heteroatoms. The van der Waals surface area contributed by atoms with Gasteiger partial charge >= 0.3 is 0 Å². The second-order valence-corrected chi connectivity index (χ2v) is 8.87. The van der Waals surface area contributed by atoms with Gasteiger partial charge in [-0.05, 0) is 49.2 Å². The van der Waals surface area contributed by atoms with Crippen LogP contribution in [0.15, 0.2) is 64.5 Å². The lowest BCUT2D eigenvalue weighted by atomic mass is 10.1. The molecule has 1 amide bonds. The van der Waals surface area contributed by atoms with Crippen molar-refractivity contribution in [3.05, 3.63) is 65.2 Å². The zero-order valence-electron chi connectivity index (χ0n) is 17.6. The molecule has 3 aromatic rings. The average Bonchev–Trinajstić information content (AvgIpc) is 2.75. The van der Waals surface area contributed by atoms with Crippen LogP contribution in [0, 0.1) is 0 Å². The first-order valence-electron chi connectivity index (χ1n) is 10.6. The van der Waals surface area contributed by atoms with Crippen LogP contribution in [0.5, 0.6) is 0 Å². The highest BCUT2D eigenvalue weighted by Crippen LogP contribution is 2.30. The number of aromatic nitrogens is 1. The van der Waals surface area contributed by atoms with Crippen molar-refractivity contribution in [3.63, 3.8) is 0 Å². The third kappa shape index (κ3) is 6.21. The smallest absolute Gasteiger partial charge is 0.252 e. The van der Waals surface area contributed by atoms with E-state index >= 15 is 0 Å². The van der Waals surface area contributed by atoms with Crippen molar-refractivity contribution < 1.29 is 9.69 Å². The Bertz CT molecular complexity index is 972. The molecule has 0 atom stereocenters. The fourth-order valence-electron chi connectivity index (χ4n) is 3.54. The van der Waals surface area contributed by atoms with Crippen LogP contribution >= 0.6 is 23.4 Å². The molecule has 0 saturated heterocycles. The molecule has 4 nitrogen and oxygen atoms in total. The number of carbonyl (C=O) groups is 1. The van der Waals surface area contributed by atoms with Crippen molar-refractivity contribution in [2.24, 2.45) is 0 Å². The molecule has 0 aliphatic rings. The average molecular weight is 443 g/mol. The summed E-state index contributed by atoms with van der Waals surface area (Å²) in [5, 5.41) is 5.50. The fraction of sp³-hybridized carbons (Fsp3) is 0.333. The minimum absolute atomic E-state index is 0.0427. The molecule has 0 aliphatic carbocycles. The van der Waals surface area contributed by atoms with Gasteiger partial charge in [0, 0.05) is 15.3 Å². The van der Waals surface area contributed by atoms with E-state index in [4.69, 9.17) is 16.6 Å². The van der Waals surface area contributed by atoms with E-state index in [1.807, 2.05) is 54.6 Å². The van der Waals surface area contributed by atoms with E-state index in [-0.39, 0.29) is 5.91 Å². The molecule has 0 spiro atoms. The molecule has 0 fully saturated rings. The highest BCUT2D eigenvalue weighted by Gasteiger charge is 2.14. The Morgan fingerprint density at radius 1 is 1.03 bits per heavy atom. The van der Waals surface area contributed by atoms with Gasteiger partial charge < -0.3 is 10.2 Å². The van der Waals surface area contributed by atoms with Gasteiger partial charge in [0.1, 0.15) is 5.03 Å². The first kappa shape index (κ1) is 22.6. The van der Waals surface area contributed by atoms with Crippen molar-refractivity contribution >= 4 is 40.2 Å². The largest absolute Gasteiger partial charge is 0.346 e. The van der Waals surface area contributed by atoms with Gasteiger partial charge in [0.05, 0.1) is 37.3 Å². The van der Waals surface area contributed by atoms with Crippen LogP contribution in [0.1, 0.15) is 37.0 Å². The molecule has 3 rings (SSSR count). The molecular weight excluding hydrogens is 414 g/mol. The van der Waals surface area contributed by atoms with Gasteiger partial charge in [0.15, 0.2) is 0 Å². The summed E-state index contributed by atoms with van der Waals surface area (Å²) in [5.41, 5.74) is 1.50. The number of amides is 1. The molecule has 0 radical (unpaired) electrons. The summed E-state index contributed by atoms with van der Waals surface area (Å²) < 4.78 is 0. The van der Waals surface area contributed by atoms with E-state index in [1.54, 1.807) is 4.90 Å². The van der Waals surface area contributed by atoms with Crippen LogP contribution < -0.4 is 10.2 Å². The summed E-state index contributed by atoms with van der Waals surface area (Å²) in [6.45, 7) is 8.31. The molecule has 0 saturated carbocycles. The summed E-state index contributed by atoms with van der Waals surface area (Å²) in [6.07, 6.45) is 2.31. The zero-order valence-corrected chi connectivity index (χ0v) is 19.2. The third-order valence-electron chi connectivity index (χ3n) is 4.94. The maximum Gasteiger partial charge on any atom is 0.252 e. The summed E-state index contributed by atoms with van der Waals surface area (Å²) in [7, 11) is 0. The van der Waals surface area contributed by atoms with E-state index in [0.717, 1.165) is 53.3 Å². The van der Waals surface area contributed by atoms with Gasteiger partial charge in [-0.15, -0.1) is 0 Å². The lowest BCUT2D eigenvalue weighted by molar-refractivity contribution is -0.898. The number of nitrogens with one attached hydrogen (secondary N) is 2. The Labute approximate surface area is 188 Å². The normalized spacial score (nSPS) is 11.2. The molecule has 0 aliphatic heterocycles. The maximum atomic E-state index is 13.0. The van der Waals surface area contributed by atoms with Gasteiger partial charge in [-0.2, -0.15) is 0 Å². The number of pyridine rings is 1. The van der Waals surface area contributed by atoms with Crippen LogP contribution in [0.3, 0.4) is 0 Å². The predicted octanol–water partition coefficient (Wildman–Crippen LogP) is 4.47. The van der Waals surface area contributed by atoms with Crippen molar-refractivity contribution in [1.29, 1.82) is 0 Å². The molecule has 158 valence electrons. The second-order valence-electron chi connectivity index (χ2n) is 7.34. The number of hydrogen-bond donors (Lipinski definition) is 2. The maximum absolute atomic E-state index is 13.0. The van der Waals surface area contributed by atoms with E-state index in [9.17, 15) is 4.79 Å². The van der Waals surface area contributed by atoms with Gasteiger partial charge in [0.25, 0.3) is 5.91 Å². The van der Waals surface area contributed by atoms with Crippen LogP contribution in [0.25, 0.3) is 10.9 Å². The minimum Gasteiger partial charge on any atom is -0.346 e. The Kier molecular flexibility index (Phi) is 8.55. The monoisotopic (exact) mass is 442 g/mol. The second kappa shape index (κ2) is 11.3. The highest BCUT2D eigenvalue weighted by molar-refractivity contribution is 7.99. The number of halogens is 1. The third-order valence-corrected chi connectivity index (χ3v) is 6.12. The number of para-hydroxylation sites is 1. The standard InChI is InChI=1S/C24H28ClN3OS/c1-3-14-28(15-4-2)16-13-26-24(29)21-17-23(27-22-8-6-5-7-20(21)22)30-19-11-9-18(25)10-12-19/h5-12,17H,3-4,13-16H2,1-2H3,(H,26,29)/p+1. The topological polar surface area (TPSA) is 46.4 Å². The predicted molar refractivity (Wildman–Crippen MR) is 126 cm³/mol. The first-order valence-corrected chi connectivity index (χ1v) is 11.7. The Morgan fingerprint density at radius 3 is 2.43 bits per heavy atom. The van der Waals surface area contributed by atoms with Gasteiger partial charge in [-0.25, -0.2) is 4.98 Å². The highest BCUT2D eigenvalue weighted by atomic mass is 35.5. The van der Waals surface area contributed by atoms with Crippen molar-refractivity contribution in [2.75, 3.05) is 26.2 Å². The number of nitrogens with zero attached hydrogens (tertiary/aromatic N) is 1. The molecule has 30 heavy (non-hydrogen) atoms. The molecular formula is C24H29ClN3OS+. The summed E-state index contributed by atoms with van der Waals surface area (Å²) in [6, 6.07) is 17.3. The first-order chi connectivity index (χ1) is 14.6. The molecule has 0 unspecified atom stereocenters. The number of quaternary nitrogens is 1. The van der Waals surface area contributed by atoms with Crippen molar-refractivity contribution in [3.8, 4) is 0 Å². The fourth-order valence-corrected chi connectivity index (χ4v) is 4.51. The molecule has 2 N–H and O–H groups in total. The van der Waals surface area contributed by atoms with E-state index in [2.05, 4.69) is 19.2 Å². The molecule has 1 aromatic heterocycles. The molecule has 0 bridgehead atoms. The molecule has 2 aromatic carbocycles. The summed E-state index contributed by atoms with van der Waals surface area (Å²) in [4.78, 5) is 20.3.